The summed E-state index contributed by atoms with van der Waals surface area (Å²) in [5.74, 6) is 0. The van der Waals surface area contributed by atoms with E-state index in [1.54, 1.807) is 0 Å². The van der Waals surface area contributed by atoms with Gasteiger partial charge in [0, 0.05) is 6.61 Å². The molecule has 16 heavy (non-hydrogen) atoms. The van der Waals surface area contributed by atoms with Crippen LogP contribution in [0, 0.1) is 0 Å². The Bertz CT molecular complexity index is 140. The third-order valence-corrected chi connectivity index (χ3v) is 2.90. The number of unbranched alkanes of at least 4 members (excludes halogenated alkanes) is 9. The molecule has 0 rings (SSSR count). The Kier molecular flexibility index (Phi) is 14.4. The predicted molar refractivity (Wildman–Crippen MR) is 72.7 cm³/mol. The summed E-state index contributed by atoms with van der Waals surface area (Å²) in [5.41, 5.74) is 0. The average Bonchev–Trinajstić information content (AvgIpc) is 2.31. The Morgan fingerprint density at radius 2 is 1.19 bits per heavy atom. The van der Waals surface area contributed by atoms with E-state index in [0.717, 1.165) is 6.42 Å². The van der Waals surface area contributed by atoms with Crippen molar-refractivity contribution in [3.63, 3.8) is 0 Å². The van der Waals surface area contributed by atoms with Crippen LogP contribution < -0.4 is 0 Å². The molecule has 0 amide bonds. The van der Waals surface area contributed by atoms with E-state index >= 15 is 0 Å². The molecule has 0 aromatic carbocycles. The van der Waals surface area contributed by atoms with Crippen molar-refractivity contribution in [3.05, 3.63) is 12.2 Å². The van der Waals surface area contributed by atoms with Gasteiger partial charge in [-0.15, -0.1) is 0 Å². The van der Waals surface area contributed by atoms with Crippen LogP contribution in [0.3, 0.4) is 0 Å². The van der Waals surface area contributed by atoms with Crippen LogP contribution in [0.15, 0.2) is 12.2 Å². The molecule has 0 saturated heterocycles. The lowest BCUT2D eigenvalue weighted by atomic mass is 10.1. The van der Waals surface area contributed by atoms with Crippen LogP contribution in [0.4, 0.5) is 0 Å². The maximum atomic E-state index is 8.62. The summed E-state index contributed by atoms with van der Waals surface area (Å²) in [6, 6.07) is 0. The molecule has 0 aliphatic rings. The van der Waals surface area contributed by atoms with Crippen molar-refractivity contribution in [1.82, 2.24) is 0 Å². The molecule has 0 fully saturated rings. The molecular weight excluding hydrogens is 196 g/mol. The molecule has 0 aliphatic heterocycles. The van der Waals surface area contributed by atoms with E-state index in [2.05, 4.69) is 19.1 Å². The second-order valence-corrected chi connectivity index (χ2v) is 4.60. The number of hydrogen-bond donors (Lipinski definition) is 1. The topological polar surface area (TPSA) is 20.2 Å². The van der Waals surface area contributed by atoms with E-state index in [0.29, 0.717) is 6.61 Å². The summed E-state index contributed by atoms with van der Waals surface area (Å²) in [7, 11) is 0. The third-order valence-electron chi connectivity index (χ3n) is 2.90. The maximum absolute atomic E-state index is 8.62. The van der Waals surface area contributed by atoms with Crippen molar-refractivity contribution in [2.24, 2.45) is 0 Å². The number of rotatable bonds is 12. The fraction of sp³-hybridized carbons (Fsp3) is 0.867. The Hall–Kier alpha value is -0.300. The molecule has 1 N–H and O–H groups in total. The van der Waals surface area contributed by atoms with Gasteiger partial charge in [0.25, 0.3) is 0 Å². The van der Waals surface area contributed by atoms with Gasteiger partial charge in [-0.2, -0.15) is 0 Å². The van der Waals surface area contributed by atoms with Crippen LogP contribution in [0.5, 0.6) is 0 Å². The summed E-state index contributed by atoms with van der Waals surface area (Å²) >= 11 is 0. The highest BCUT2D eigenvalue weighted by atomic mass is 16.2. The first-order valence-electron chi connectivity index (χ1n) is 7.17. The summed E-state index contributed by atoms with van der Waals surface area (Å²) in [5, 5.41) is 8.62. The first-order chi connectivity index (χ1) is 7.91. The molecule has 0 aliphatic carbocycles. The highest BCUT2D eigenvalue weighted by Gasteiger charge is 1.91. The van der Waals surface area contributed by atoms with Crippen LogP contribution in [-0.4, -0.2) is 11.7 Å². The molecule has 0 heterocycles. The van der Waals surface area contributed by atoms with Crippen molar-refractivity contribution in [2.75, 3.05) is 6.61 Å². The minimum absolute atomic E-state index is 0.365. The molecule has 0 aromatic heterocycles. The molecular formula is C15H30O. The number of hydrogen-bond acceptors (Lipinski definition) is 1. The van der Waals surface area contributed by atoms with Crippen molar-refractivity contribution in [3.8, 4) is 0 Å². The Morgan fingerprint density at radius 3 is 1.75 bits per heavy atom. The third kappa shape index (κ3) is 13.7. The molecule has 1 heteroatoms. The van der Waals surface area contributed by atoms with Crippen molar-refractivity contribution >= 4 is 0 Å². The molecule has 0 aromatic rings. The predicted octanol–water partition coefficient (Wildman–Crippen LogP) is 4.85. The van der Waals surface area contributed by atoms with Gasteiger partial charge in [-0.05, 0) is 25.7 Å². The fourth-order valence-corrected chi connectivity index (χ4v) is 1.84. The molecule has 0 saturated carbocycles. The van der Waals surface area contributed by atoms with Gasteiger partial charge in [-0.3, -0.25) is 0 Å². The van der Waals surface area contributed by atoms with E-state index in [1.807, 2.05) is 0 Å². The highest BCUT2D eigenvalue weighted by Crippen LogP contribution is 2.09. The van der Waals surface area contributed by atoms with E-state index in [-0.39, 0.29) is 0 Å². The molecule has 0 atom stereocenters. The number of aliphatic hydroxyl groups is 1. The maximum Gasteiger partial charge on any atom is 0.0431 e. The molecule has 1 nitrogen and oxygen atoms in total. The smallest absolute Gasteiger partial charge is 0.0431 e. The summed E-state index contributed by atoms with van der Waals surface area (Å²) in [6.07, 6.45) is 18.8. The first-order valence-corrected chi connectivity index (χ1v) is 7.17. The van der Waals surface area contributed by atoms with Gasteiger partial charge in [-0.1, -0.05) is 64.0 Å². The SMILES string of the molecule is CCC/C=C\CCCCCCCCCCO. The van der Waals surface area contributed by atoms with Gasteiger partial charge in [0.2, 0.25) is 0 Å². The van der Waals surface area contributed by atoms with Crippen molar-refractivity contribution in [2.45, 2.75) is 77.6 Å². The monoisotopic (exact) mass is 226 g/mol. The summed E-state index contributed by atoms with van der Waals surface area (Å²) in [6.45, 7) is 2.59. The zero-order chi connectivity index (χ0) is 11.9. The molecule has 0 radical (unpaired) electrons. The lowest BCUT2D eigenvalue weighted by molar-refractivity contribution is 0.282. The lowest BCUT2D eigenvalue weighted by Crippen LogP contribution is -1.84. The van der Waals surface area contributed by atoms with Crippen LogP contribution >= 0.6 is 0 Å². The molecule has 0 spiro atoms. The largest absolute Gasteiger partial charge is 0.396 e. The minimum atomic E-state index is 0.365. The van der Waals surface area contributed by atoms with Crippen LogP contribution in [0.25, 0.3) is 0 Å². The summed E-state index contributed by atoms with van der Waals surface area (Å²) < 4.78 is 0. The van der Waals surface area contributed by atoms with E-state index in [1.165, 1.54) is 64.2 Å². The number of aliphatic hydroxyl groups excluding tert-OH is 1. The van der Waals surface area contributed by atoms with Crippen molar-refractivity contribution in [1.29, 1.82) is 0 Å². The fourth-order valence-electron chi connectivity index (χ4n) is 1.84. The second-order valence-electron chi connectivity index (χ2n) is 4.60. The quantitative estimate of drug-likeness (QED) is 0.373. The van der Waals surface area contributed by atoms with Gasteiger partial charge in [0.15, 0.2) is 0 Å². The van der Waals surface area contributed by atoms with Gasteiger partial charge in [0.1, 0.15) is 0 Å². The minimum Gasteiger partial charge on any atom is -0.396 e. The lowest BCUT2D eigenvalue weighted by Gasteiger charge is -2.00. The van der Waals surface area contributed by atoms with Crippen LogP contribution in [0.2, 0.25) is 0 Å². The van der Waals surface area contributed by atoms with E-state index < -0.39 is 0 Å². The van der Waals surface area contributed by atoms with E-state index in [9.17, 15) is 0 Å². The zero-order valence-electron chi connectivity index (χ0n) is 11.1. The van der Waals surface area contributed by atoms with Crippen LogP contribution in [-0.2, 0) is 0 Å². The second kappa shape index (κ2) is 14.7. The standard InChI is InChI=1S/C15H30O/c1-2-3-4-5-6-7-8-9-10-11-12-13-14-15-16/h4-5,16H,2-3,6-15H2,1H3/b5-4-. The summed E-state index contributed by atoms with van der Waals surface area (Å²) in [4.78, 5) is 0. The first kappa shape index (κ1) is 15.7. The Labute approximate surface area is 102 Å². The highest BCUT2D eigenvalue weighted by molar-refractivity contribution is 4.80. The van der Waals surface area contributed by atoms with Crippen LogP contribution in [0.1, 0.15) is 77.6 Å². The van der Waals surface area contributed by atoms with Gasteiger partial charge < -0.3 is 5.11 Å². The number of allylic oxidation sites excluding steroid dienone is 2. The Balaban J connectivity index is 2.93. The molecule has 0 bridgehead atoms. The molecule has 96 valence electrons. The van der Waals surface area contributed by atoms with Gasteiger partial charge >= 0.3 is 0 Å². The van der Waals surface area contributed by atoms with Gasteiger partial charge in [0.05, 0.1) is 0 Å². The Morgan fingerprint density at radius 1 is 0.688 bits per heavy atom. The van der Waals surface area contributed by atoms with Gasteiger partial charge in [-0.25, -0.2) is 0 Å². The van der Waals surface area contributed by atoms with E-state index in [4.69, 9.17) is 5.11 Å². The average molecular weight is 226 g/mol. The van der Waals surface area contributed by atoms with Crippen molar-refractivity contribution < 1.29 is 5.11 Å². The zero-order valence-corrected chi connectivity index (χ0v) is 11.1. The normalized spacial score (nSPS) is 11.4. The molecule has 0 unspecified atom stereocenters.